The highest BCUT2D eigenvalue weighted by molar-refractivity contribution is 7.95. The van der Waals surface area contributed by atoms with Gasteiger partial charge in [0.05, 0.1) is 38.2 Å². The number of rotatable bonds is 18. The molecule has 0 radical (unpaired) electrons. The molecule has 0 aliphatic rings. The van der Waals surface area contributed by atoms with Crippen molar-refractivity contribution < 1.29 is 43.4 Å². The molecule has 1 aromatic carbocycles. The number of hydrogen-bond acceptors (Lipinski definition) is 2. The molecule has 0 atom stereocenters. The van der Waals surface area contributed by atoms with Gasteiger partial charge in [-0.15, -0.1) is 0 Å². The van der Waals surface area contributed by atoms with Gasteiger partial charge < -0.3 is 43.4 Å². The smallest absolute Gasteiger partial charge is 0.136 e. The maximum absolute atomic E-state index is 6.32. The Labute approximate surface area is 226 Å². The molecule has 0 aromatic heterocycles. The third kappa shape index (κ3) is 16.2. The van der Waals surface area contributed by atoms with Crippen molar-refractivity contribution in [3.8, 4) is 11.5 Å². The summed E-state index contributed by atoms with van der Waals surface area (Å²) in [6, 6.07) is 4.60. The molecule has 0 fully saturated rings. The summed E-state index contributed by atoms with van der Waals surface area (Å²) >= 11 is 0. The van der Waals surface area contributed by atoms with E-state index in [9.17, 15) is 0 Å². The fourth-order valence-corrected chi connectivity index (χ4v) is 5.23. The van der Waals surface area contributed by atoms with Gasteiger partial charge in [0.25, 0.3) is 0 Å². The molecule has 0 N–H and O–H groups in total. The Balaban J connectivity index is 0. The second-order valence-corrected chi connectivity index (χ2v) is 13.4. The van der Waals surface area contributed by atoms with Crippen molar-refractivity contribution in [1.29, 1.82) is 0 Å². The highest BCUT2D eigenvalue weighted by Crippen LogP contribution is 2.32. The summed E-state index contributed by atoms with van der Waals surface area (Å²) in [5.74, 6) is 4.34. The van der Waals surface area contributed by atoms with Crippen LogP contribution in [0.5, 0.6) is 11.5 Å². The van der Waals surface area contributed by atoms with Gasteiger partial charge in [-0.1, -0.05) is 65.2 Å². The van der Waals surface area contributed by atoms with Crippen LogP contribution in [-0.2, 0) is 33.3 Å². The average Bonchev–Trinajstić information content (AvgIpc) is 2.68. The summed E-state index contributed by atoms with van der Waals surface area (Å²) in [6.45, 7) is 6.19. The van der Waals surface area contributed by atoms with Gasteiger partial charge in [-0.05, 0) is 46.8 Å². The van der Waals surface area contributed by atoms with Crippen LogP contribution in [0.4, 0.5) is 0 Å². The predicted molar refractivity (Wildman–Crippen MR) is 141 cm³/mol. The van der Waals surface area contributed by atoms with E-state index in [1.807, 2.05) is 0 Å². The molecule has 1 aromatic rings. The minimum absolute atomic E-state index is 0. The van der Waals surface area contributed by atoms with E-state index >= 15 is 0 Å². The van der Waals surface area contributed by atoms with E-state index in [1.54, 1.807) is 0 Å². The van der Waals surface area contributed by atoms with Gasteiger partial charge in [-0.25, -0.2) is 0 Å². The first-order valence-electron chi connectivity index (χ1n) is 12.0. The van der Waals surface area contributed by atoms with Crippen LogP contribution < -0.4 is 43.4 Å². The van der Waals surface area contributed by atoms with Crippen LogP contribution >= 0.6 is 0 Å². The highest BCUT2D eigenvalue weighted by Gasteiger charge is 2.19. The number of hydrogen-bond donors (Lipinski definition) is 0. The van der Waals surface area contributed by atoms with Crippen LogP contribution in [0.15, 0.2) is 12.1 Å². The zero-order valence-electron chi connectivity index (χ0n) is 21.4. The Hall–Kier alpha value is 0.480. The van der Waals surface area contributed by atoms with E-state index in [-0.39, 0.29) is 34.0 Å². The third-order valence-electron chi connectivity index (χ3n) is 5.14. The van der Waals surface area contributed by atoms with Crippen molar-refractivity contribution in [1.82, 2.24) is 0 Å². The summed E-state index contributed by atoms with van der Waals surface area (Å²) in [4.78, 5) is 0. The fraction of sp³-hybridized carbons (Fsp3) is 0.769. The molecule has 0 bridgehead atoms. The molecule has 0 saturated carbocycles. The zero-order valence-corrected chi connectivity index (χ0v) is 26.2. The Morgan fingerprint density at radius 2 is 0.906 bits per heavy atom. The molecular weight excluding hydrogens is 568 g/mol. The van der Waals surface area contributed by atoms with E-state index in [0.717, 1.165) is 49.1 Å². The van der Waals surface area contributed by atoms with Crippen LogP contribution in [-0.4, -0.2) is 38.2 Å². The Bertz CT molecular complexity index is 519. The van der Waals surface area contributed by atoms with Crippen molar-refractivity contribution in [2.45, 2.75) is 89.6 Å². The van der Waals surface area contributed by atoms with E-state index < -0.39 is 0 Å². The topological polar surface area (TPSA) is 18.5 Å². The van der Waals surface area contributed by atoms with Crippen LogP contribution in [0.25, 0.3) is 0 Å². The largest absolute Gasteiger partial charge is 1.00 e. The molecule has 32 heavy (non-hydrogen) atoms. The van der Waals surface area contributed by atoms with E-state index in [0.29, 0.717) is 21.8 Å². The van der Waals surface area contributed by atoms with Crippen molar-refractivity contribution in [3.05, 3.63) is 23.3 Å². The van der Waals surface area contributed by atoms with E-state index in [1.165, 1.54) is 62.5 Å². The van der Waals surface area contributed by atoms with Gasteiger partial charge in [0, 0.05) is 11.1 Å². The summed E-state index contributed by atoms with van der Waals surface area (Å²) in [7, 11) is 0.682. The number of halogens is 2. The number of ether oxygens (including phenoxy) is 2. The summed E-state index contributed by atoms with van der Waals surface area (Å²) in [5, 5.41) is 0. The molecule has 6 heteroatoms. The lowest BCUT2D eigenvalue weighted by molar-refractivity contribution is -0.00100. The Kier molecular flexibility index (Phi) is 23.8. The first kappa shape index (κ1) is 34.6. The maximum atomic E-state index is 6.32. The molecular formula is C26H48Br2O2S2. The fourth-order valence-electron chi connectivity index (χ4n) is 3.54. The molecule has 1 rings (SSSR count). The zero-order chi connectivity index (χ0) is 22.2. The Morgan fingerprint density at radius 3 is 1.22 bits per heavy atom. The molecule has 0 amide bonds. The lowest BCUT2D eigenvalue weighted by atomic mass is 10.1. The van der Waals surface area contributed by atoms with Crippen LogP contribution in [0.1, 0.15) is 89.2 Å². The third-order valence-corrected chi connectivity index (χ3v) is 6.92. The van der Waals surface area contributed by atoms with Crippen molar-refractivity contribution in [3.63, 3.8) is 0 Å². The van der Waals surface area contributed by atoms with Crippen molar-refractivity contribution in [2.75, 3.05) is 38.2 Å². The molecule has 0 heterocycles. The molecule has 0 unspecified atom stereocenters. The molecule has 2 nitrogen and oxygen atoms in total. The number of unbranched alkanes of at least 4 members (excludes halogenated alkanes) is 8. The maximum Gasteiger partial charge on any atom is 0.136 e. The van der Waals surface area contributed by atoms with Crippen LogP contribution in [0.2, 0.25) is 0 Å². The first-order valence-corrected chi connectivity index (χ1v) is 16.4. The lowest BCUT2D eigenvalue weighted by Crippen LogP contribution is -3.00. The standard InChI is InChI=1S/C26H48O2S2.2BrH/c1-7-9-11-13-15-17-27-25-19-24(22-30(5)6)26(20-23(25)21-29(3)4)28-18-16-14-12-10-8-2;;/h19-20H,7-18,21-22H2,1-6H3;2*1H/q+2;;/p-2. The van der Waals surface area contributed by atoms with Gasteiger partial charge in [-0.2, -0.15) is 0 Å². The van der Waals surface area contributed by atoms with Crippen LogP contribution in [0.3, 0.4) is 0 Å². The quantitative estimate of drug-likeness (QED) is 0.182. The first-order chi connectivity index (χ1) is 14.5. The predicted octanol–water partition coefficient (Wildman–Crippen LogP) is 1.15. The minimum Gasteiger partial charge on any atom is -1.00 e. The van der Waals surface area contributed by atoms with Gasteiger partial charge in [0.2, 0.25) is 0 Å². The average molecular weight is 617 g/mol. The van der Waals surface area contributed by atoms with Gasteiger partial charge in [0.1, 0.15) is 23.0 Å². The summed E-state index contributed by atoms with van der Waals surface area (Å²) in [6.07, 6.45) is 22.0. The van der Waals surface area contributed by atoms with Crippen LogP contribution in [0, 0.1) is 0 Å². The normalized spacial score (nSPS) is 10.8. The molecule has 190 valence electrons. The Morgan fingerprint density at radius 1 is 0.562 bits per heavy atom. The van der Waals surface area contributed by atoms with E-state index in [4.69, 9.17) is 9.47 Å². The molecule has 0 aliphatic heterocycles. The molecule has 0 spiro atoms. The molecule has 0 saturated heterocycles. The lowest BCUT2D eigenvalue weighted by Gasteiger charge is -2.17. The van der Waals surface area contributed by atoms with Crippen molar-refractivity contribution in [2.24, 2.45) is 0 Å². The molecule has 0 aliphatic carbocycles. The second kappa shape index (κ2) is 22.0. The van der Waals surface area contributed by atoms with E-state index in [2.05, 4.69) is 51.0 Å². The number of benzene rings is 1. The highest BCUT2D eigenvalue weighted by atomic mass is 79.9. The summed E-state index contributed by atoms with van der Waals surface area (Å²) in [5.41, 5.74) is 2.66. The second-order valence-electron chi connectivity index (χ2n) is 8.85. The minimum atomic E-state index is 0. The van der Waals surface area contributed by atoms with Gasteiger partial charge >= 0.3 is 0 Å². The SMILES string of the molecule is CCCCCCCOc1cc(C[S+](C)C)c(OCCCCCCC)cc1C[S+](C)C.[Br-].[Br-]. The van der Waals surface area contributed by atoms with Gasteiger partial charge in [-0.3, -0.25) is 0 Å². The van der Waals surface area contributed by atoms with Gasteiger partial charge in [0.15, 0.2) is 0 Å². The monoisotopic (exact) mass is 614 g/mol. The van der Waals surface area contributed by atoms with Crippen molar-refractivity contribution >= 4 is 21.8 Å². The summed E-state index contributed by atoms with van der Waals surface area (Å²) < 4.78 is 12.6.